The summed E-state index contributed by atoms with van der Waals surface area (Å²) in [5, 5.41) is 0. The third-order valence-electron chi connectivity index (χ3n) is 1.16. The van der Waals surface area contributed by atoms with Gasteiger partial charge in [0.05, 0.1) is 19.5 Å². The Morgan fingerprint density at radius 3 is 2.54 bits per heavy atom. The van der Waals surface area contributed by atoms with Crippen molar-refractivity contribution in [2.45, 2.75) is 13.8 Å². The number of carbonyl (C=O) groups is 1. The maximum atomic E-state index is 11.2. The summed E-state index contributed by atoms with van der Waals surface area (Å²) in [6.45, 7) is 4.45. The van der Waals surface area contributed by atoms with Gasteiger partial charge in [0, 0.05) is 13.3 Å². The van der Waals surface area contributed by atoms with Crippen LogP contribution < -0.4 is 0 Å². The summed E-state index contributed by atoms with van der Waals surface area (Å²) in [4.78, 5) is 14.9. The number of ether oxygens (including phenoxy) is 2. The molecule has 0 aromatic heterocycles. The normalized spacial score (nSPS) is 11.8. The number of hydrogen-bond acceptors (Lipinski definition) is 4. The van der Waals surface area contributed by atoms with E-state index < -0.39 is 5.97 Å². The standard InChI is InChI=1S/C9H15NO3/c1-4-12-7-8(6-10-3)9(11)13-5-2/h6-7H,4-5H2,1-3H3/b8-7+,10-6-. The molecule has 0 aliphatic carbocycles. The maximum Gasteiger partial charge on any atom is 0.342 e. The quantitative estimate of drug-likeness (QED) is 0.279. The molecule has 0 heterocycles. The molecule has 0 aliphatic rings. The van der Waals surface area contributed by atoms with Crippen LogP contribution in [-0.4, -0.2) is 32.4 Å². The van der Waals surface area contributed by atoms with Gasteiger partial charge in [-0.15, -0.1) is 0 Å². The van der Waals surface area contributed by atoms with Crippen LogP contribution in [0.25, 0.3) is 0 Å². The van der Waals surface area contributed by atoms with Crippen LogP contribution in [0.1, 0.15) is 13.8 Å². The molecule has 0 radical (unpaired) electrons. The molecular formula is C9H15NO3. The zero-order chi connectivity index (χ0) is 10.1. The first-order valence-corrected chi connectivity index (χ1v) is 4.17. The van der Waals surface area contributed by atoms with Crippen molar-refractivity contribution in [2.75, 3.05) is 20.3 Å². The molecular weight excluding hydrogens is 170 g/mol. The van der Waals surface area contributed by atoms with Crippen molar-refractivity contribution >= 4 is 12.2 Å². The van der Waals surface area contributed by atoms with Crippen molar-refractivity contribution in [3.8, 4) is 0 Å². The molecule has 13 heavy (non-hydrogen) atoms. The van der Waals surface area contributed by atoms with E-state index in [-0.39, 0.29) is 0 Å². The Morgan fingerprint density at radius 2 is 2.08 bits per heavy atom. The zero-order valence-corrected chi connectivity index (χ0v) is 8.24. The first kappa shape index (κ1) is 11.7. The summed E-state index contributed by atoms with van der Waals surface area (Å²) in [5.74, 6) is -0.415. The van der Waals surface area contributed by atoms with Crippen LogP contribution in [0.5, 0.6) is 0 Å². The molecule has 0 spiro atoms. The summed E-state index contributed by atoms with van der Waals surface area (Å²) in [5.41, 5.74) is 0.325. The highest BCUT2D eigenvalue weighted by molar-refractivity contribution is 6.09. The Bertz CT molecular complexity index is 209. The van der Waals surface area contributed by atoms with Gasteiger partial charge in [-0.1, -0.05) is 0 Å². The fourth-order valence-corrected chi connectivity index (χ4v) is 0.658. The Morgan fingerprint density at radius 1 is 1.38 bits per heavy atom. The molecule has 0 aliphatic heterocycles. The smallest absolute Gasteiger partial charge is 0.342 e. The van der Waals surface area contributed by atoms with E-state index in [1.165, 1.54) is 12.5 Å². The molecule has 0 fully saturated rings. The van der Waals surface area contributed by atoms with Crippen LogP contribution in [0, 0.1) is 0 Å². The van der Waals surface area contributed by atoms with E-state index in [9.17, 15) is 4.79 Å². The van der Waals surface area contributed by atoms with Crippen LogP contribution in [0.2, 0.25) is 0 Å². The second kappa shape index (κ2) is 7.34. The molecule has 4 nitrogen and oxygen atoms in total. The topological polar surface area (TPSA) is 47.9 Å². The largest absolute Gasteiger partial charge is 0.501 e. The van der Waals surface area contributed by atoms with Gasteiger partial charge in [0.1, 0.15) is 5.57 Å². The van der Waals surface area contributed by atoms with Crippen molar-refractivity contribution in [3.63, 3.8) is 0 Å². The predicted molar refractivity (Wildman–Crippen MR) is 50.8 cm³/mol. The van der Waals surface area contributed by atoms with E-state index in [4.69, 9.17) is 9.47 Å². The Balaban J connectivity index is 4.31. The van der Waals surface area contributed by atoms with E-state index in [0.717, 1.165) is 0 Å². The highest BCUT2D eigenvalue weighted by Crippen LogP contribution is 1.96. The van der Waals surface area contributed by atoms with Gasteiger partial charge >= 0.3 is 5.97 Å². The van der Waals surface area contributed by atoms with E-state index >= 15 is 0 Å². The first-order valence-electron chi connectivity index (χ1n) is 4.17. The molecule has 0 aromatic rings. The average molecular weight is 185 g/mol. The lowest BCUT2D eigenvalue weighted by Gasteiger charge is -2.01. The van der Waals surface area contributed by atoms with Gasteiger partial charge in [-0.25, -0.2) is 4.79 Å². The predicted octanol–water partition coefficient (Wildman–Crippen LogP) is 1.17. The SMILES string of the molecule is CCO/C=C(\C=N/C)C(=O)OCC. The van der Waals surface area contributed by atoms with Crippen molar-refractivity contribution in [1.82, 2.24) is 0 Å². The fourth-order valence-electron chi connectivity index (χ4n) is 0.658. The fraction of sp³-hybridized carbons (Fsp3) is 0.556. The summed E-state index contributed by atoms with van der Waals surface area (Å²) in [6.07, 6.45) is 2.76. The minimum Gasteiger partial charge on any atom is -0.501 e. The summed E-state index contributed by atoms with van der Waals surface area (Å²) in [7, 11) is 1.58. The van der Waals surface area contributed by atoms with Gasteiger partial charge in [-0.05, 0) is 13.8 Å². The van der Waals surface area contributed by atoms with Gasteiger partial charge < -0.3 is 9.47 Å². The Labute approximate surface area is 78.3 Å². The third kappa shape index (κ3) is 5.00. The van der Waals surface area contributed by atoms with Crippen molar-refractivity contribution < 1.29 is 14.3 Å². The summed E-state index contributed by atoms with van der Waals surface area (Å²) < 4.78 is 9.74. The van der Waals surface area contributed by atoms with Gasteiger partial charge in [-0.2, -0.15) is 0 Å². The second-order valence-electron chi connectivity index (χ2n) is 2.14. The van der Waals surface area contributed by atoms with E-state index in [1.807, 2.05) is 6.92 Å². The maximum absolute atomic E-state index is 11.2. The highest BCUT2D eigenvalue weighted by Gasteiger charge is 2.07. The number of rotatable bonds is 5. The Kier molecular flexibility index (Phi) is 6.59. The van der Waals surface area contributed by atoms with Gasteiger partial charge in [0.15, 0.2) is 0 Å². The number of esters is 1. The molecule has 0 atom stereocenters. The molecule has 0 amide bonds. The van der Waals surface area contributed by atoms with Crippen LogP contribution in [-0.2, 0) is 14.3 Å². The van der Waals surface area contributed by atoms with Crippen molar-refractivity contribution in [3.05, 3.63) is 11.8 Å². The number of hydrogen-bond donors (Lipinski definition) is 0. The number of aliphatic imine (C=N–C) groups is 1. The van der Waals surface area contributed by atoms with Gasteiger partial charge in [0.2, 0.25) is 0 Å². The Hall–Kier alpha value is -1.32. The van der Waals surface area contributed by atoms with E-state index in [2.05, 4.69) is 4.99 Å². The minimum atomic E-state index is -0.415. The second-order valence-corrected chi connectivity index (χ2v) is 2.14. The molecule has 0 unspecified atom stereocenters. The average Bonchev–Trinajstić information content (AvgIpc) is 2.12. The number of carbonyl (C=O) groups excluding carboxylic acids is 1. The summed E-state index contributed by atoms with van der Waals surface area (Å²) >= 11 is 0. The van der Waals surface area contributed by atoms with Crippen LogP contribution in [0.15, 0.2) is 16.8 Å². The lowest BCUT2D eigenvalue weighted by Crippen LogP contribution is -2.09. The van der Waals surface area contributed by atoms with Gasteiger partial charge in [-0.3, -0.25) is 4.99 Å². The minimum absolute atomic E-state index is 0.325. The van der Waals surface area contributed by atoms with E-state index in [1.54, 1.807) is 14.0 Å². The lowest BCUT2D eigenvalue weighted by atomic mass is 10.3. The van der Waals surface area contributed by atoms with Crippen molar-refractivity contribution in [2.24, 2.45) is 4.99 Å². The summed E-state index contributed by atoms with van der Waals surface area (Å²) in [6, 6.07) is 0. The monoisotopic (exact) mass is 185 g/mol. The lowest BCUT2D eigenvalue weighted by molar-refractivity contribution is -0.137. The molecule has 4 heteroatoms. The third-order valence-corrected chi connectivity index (χ3v) is 1.16. The molecule has 74 valence electrons. The van der Waals surface area contributed by atoms with E-state index in [0.29, 0.717) is 18.8 Å². The van der Waals surface area contributed by atoms with Crippen LogP contribution in [0.3, 0.4) is 0 Å². The van der Waals surface area contributed by atoms with Gasteiger partial charge in [0.25, 0.3) is 0 Å². The molecule has 0 saturated carbocycles. The molecule has 0 bridgehead atoms. The highest BCUT2D eigenvalue weighted by atomic mass is 16.5. The molecule has 0 saturated heterocycles. The van der Waals surface area contributed by atoms with Crippen molar-refractivity contribution in [1.29, 1.82) is 0 Å². The molecule has 0 rings (SSSR count). The zero-order valence-electron chi connectivity index (χ0n) is 8.24. The van der Waals surface area contributed by atoms with Crippen LogP contribution >= 0.6 is 0 Å². The molecule has 0 aromatic carbocycles. The number of nitrogens with zero attached hydrogens (tertiary/aromatic N) is 1. The van der Waals surface area contributed by atoms with Crippen LogP contribution in [0.4, 0.5) is 0 Å². The first-order chi connectivity index (χ1) is 6.26. The molecule has 0 N–H and O–H groups in total.